The maximum absolute atomic E-state index is 11.9. The van der Waals surface area contributed by atoms with Crippen LogP contribution in [0.25, 0.3) is 10.2 Å². The second-order valence-electron chi connectivity index (χ2n) is 4.05. The normalized spacial score (nSPS) is 10.7. The second-order valence-corrected chi connectivity index (χ2v) is 6.11. The van der Waals surface area contributed by atoms with Gasteiger partial charge in [0.25, 0.3) is 0 Å². The standard InChI is InChI=1S/C13H11N3OS2/c14-8-3-4-10-11(6-8)19-13(15-10)16-12(17)7-9-2-1-5-18-9/h1-6H,7,14H2,(H,15,16,17). The average Bonchev–Trinajstić information content (AvgIpc) is 2.97. The largest absolute Gasteiger partial charge is 0.399 e. The molecule has 2 aromatic heterocycles. The number of fused-ring (bicyclic) bond motifs is 1. The Morgan fingerprint density at radius 3 is 3.05 bits per heavy atom. The molecule has 0 saturated carbocycles. The number of nitrogens with zero attached hydrogens (tertiary/aromatic N) is 1. The van der Waals surface area contributed by atoms with E-state index in [1.807, 2.05) is 29.6 Å². The van der Waals surface area contributed by atoms with Crippen LogP contribution in [-0.2, 0) is 11.2 Å². The van der Waals surface area contributed by atoms with Crippen molar-refractivity contribution in [3.8, 4) is 0 Å². The van der Waals surface area contributed by atoms with Crippen molar-refractivity contribution >= 4 is 49.6 Å². The van der Waals surface area contributed by atoms with E-state index in [-0.39, 0.29) is 5.91 Å². The molecule has 3 N–H and O–H groups in total. The lowest BCUT2D eigenvalue weighted by Crippen LogP contribution is -2.13. The summed E-state index contributed by atoms with van der Waals surface area (Å²) in [5, 5.41) is 5.40. The Hall–Kier alpha value is -1.92. The molecule has 1 aromatic carbocycles. The molecule has 96 valence electrons. The molecule has 0 aliphatic heterocycles. The number of carbonyl (C=O) groups excluding carboxylic acids is 1. The van der Waals surface area contributed by atoms with Gasteiger partial charge in [0.15, 0.2) is 5.13 Å². The molecule has 0 atom stereocenters. The molecule has 0 aliphatic carbocycles. The molecule has 0 bridgehead atoms. The maximum atomic E-state index is 11.9. The third kappa shape index (κ3) is 2.74. The second kappa shape index (κ2) is 4.99. The number of aromatic nitrogens is 1. The minimum Gasteiger partial charge on any atom is -0.399 e. The molecule has 19 heavy (non-hydrogen) atoms. The van der Waals surface area contributed by atoms with Gasteiger partial charge in [-0.25, -0.2) is 4.98 Å². The summed E-state index contributed by atoms with van der Waals surface area (Å²) in [6, 6.07) is 9.41. The van der Waals surface area contributed by atoms with E-state index < -0.39 is 0 Å². The van der Waals surface area contributed by atoms with E-state index in [2.05, 4.69) is 10.3 Å². The van der Waals surface area contributed by atoms with Crippen LogP contribution < -0.4 is 11.1 Å². The number of hydrogen-bond donors (Lipinski definition) is 2. The number of benzene rings is 1. The zero-order valence-electron chi connectivity index (χ0n) is 9.92. The summed E-state index contributed by atoms with van der Waals surface area (Å²) in [5.74, 6) is -0.0468. The lowest BCUT2D eigenvalue weighted by Gasteiger charge is -1.98. The molecular formula is C13H11N3OS2. The summed E-state index contributed by atoms with van der Waals surface area (Å²) in [5.41, 5.74) is 7.27. The zero-order valence-corrected chi connectivity index (χ0v) is 11.6. The molecule has 1 amide bonds. The van der Waals surface area contributed by atoms with Crippen molar-refractivity contribution in [1.29, 1.82) is 0 Å². The fourth-order valence-corrected chi connectivity index (χ4v) is 3.36. The first kappa shape index (κ1) is 12.1. The van der Waals surface area contributed by atoms with Gasteiger partial charge >= 0.3 is 0 Å². The number of nitrogens with one attached hydrogen (secondary N) is 1. The van der Waals surface area contributed by atoms with Gasteiger partial charge in [0, 0.05) is 10.6 Å². The quantitative estimate of drug-likeness (QED) is 0.728. The van der Waals surface area contributed by atoms with E-state index in [0.717, 1.165) is 15.1 Å². The van der Waals surface area contributed by atoms with Crippen LogP contribution in [0.15, 0.2) is 35.7 Å². The van der Waals surface area contributed by atoms with Gasteiger partial charge in [-0.1, -0.05) is 17.4 Å². The highest BCUT2D eigenvalue weighted by molar-refractivity contribution is 7.22. The van der Waals surface area contributed by atoms with Crippen LogP contribution in [0.4, 0.5) is 10.8 Å². The SMILES string of the molecule is Nc1ccc2nc(NC(=O)Cc3cccs3)sc2c1. The number of thiazole rings is 1. The number of carbonyl (C=O) groups is 1. The third-order valence-corrected chi connectivity index (χ3v) is 4.38. The first-order chi connectivity index (χ1) is 9.20. The predicted octanol–water partition coefficient (Wildman–Crippen LogP) is 3.12. The van der Waals surface area contributed by atoms with Crippen molar-refractivity contribution in [3.63, 3.8) is 0 Å². The fourth-order valence-electron chi connectivity index (χ4n) is 1.73. The number of nitrogen functional groups attached to an aromatic ring is 1. The van der Waals surface area contributed by atoms with Crippen LogP contribution in [0.2, 0.25) is 0 Å². The van der Waals surface area contributed by atoms with E-state index in [1.54, 1.807) is 17.4 Å². The van der Waals surface area contributed by atoms with Crippen molar-refractivity contribution in [1.82, 2.24) is 4.98 Å². The van der Waals surface area contributed by atoms with E-state index in [0.29, 0.717) is 17.2 Å². The van der Waals surface area contributed by atoms with Crippen LogP contribution in [0.5, 0.6) is 0 Å². The number of thiophene rings is 1. The van der Waals surface area contributed by atoms with Gasteiger partial charge in [-0.3, -0.25) is 4.79 Å². The van der Waals surface area contributed by atoms with Gasteiger partial charge in [-0.15, -0.1) is 11.3 Å². The molecular weight excluding hydrogens is 278 g/mol. The van der Waals surface area contributed by atoms with E-state index >= 15 is 0 Å². The first-order valence-corrected chi connectivity index (χ1v) is 7.38. The number of rotatable bonds is 3. The summed E-state index contributed by atoms with van der Waals surface area (Å²) >= 11 is 3.01. The Morgan fingerprint density at radius 2 is 2.26 bits per heavy atom. The van der Waals surface area contributed by atoms with Gasteiger partial charge in [0.1, 0.15) is 0 Å². The maximum Gasteiger partial charge on any atom is 0.231 e. The van der Waals surface area contributed by atoms with Gasteiger partial charge in [-0.2, -0.15) is 0 Å². The average molecular weight is 289 g/mol. The monoisotopic (exact) mass is 289 g/mol. The van der Waals surface area contributed by atoms with Crippen molar-refractivity contribution in [2.75, 3.05) is 11.1 Å². The summed E-state index contributed by atoms with van der Waals surface area (Å²) < 4.78 is 0.978. The molecule has 0 aliphatic rings. The van der Waals surface area contributed by atoms with Crippen LogP contribution in [0, 0.1) is 0 Å². The first-order valence-electron chi connectivity index (χ1n) is 5.69. The Kier molecular flexibility index (Phi) is 3.18. The van der Waals surface area contributed by atoms with Crippen molar-refractivity contribution in [2.45, 2.75) is 6.42 Å². The highest BCUT2D eigenvalue weighted by Gasteiger charge is 2.09. The van der Waals surface area contributed by atoms with Crippen molar-refractivity contribution < 1.29 is 4.79 Å². The number of amides is 1. The van der Waals surface area contributed by atoms with Crippen molar-refractivity contribution in [3.05, 3.63) is 40.6 Å². The molecule has 0 fully saturated rings. The molecule has 3 aromatic rings. The minimum absolute atomic E-state index is 0.0468. The Balaban J connectivity index is 1.76. The van der Waals surface area contributed by atoms with Crippen LogP contribution >= 0.6 is 22.7 Å². The zero-order chi connectivity index (χ0) is 13.2. The van der Waals surface area contributed by atoms with E-state index in [1.165, 1.54) is 11.3 Å². The molecule has 0 saturated heterocycles. The van der Waals surface area contributed by atoms with Crippen LogP contribution in [0.1, 0.15) is 4.88 Å². The van der Waals surface area contributed by atoms with E-state index in [4.69, 9.17) is 5.73 Å². The Labute approximate surface area is 117 Å². The number of hydrogen-bond acceptors (Lipinski definition) is 5. The summed E-state index contributed by atoms with van der Waals surface area (Å²) in [7, 11) is 0. The molecule has 6 heteroatoms. The van der Waals surface area contributed by atoms with Crippen LogP contribution in [-0.4, -0.2) is 10.9 Å². The molecule has 3 rings (SSSR count). The van der Waals surface area contributed by atoms with Gasteiger partial charge < -0.3 is 11.1 Å². The molecule has 0 radical (unpaired) electrons. The molecule has 0 unspecified atom stereocenters. The van der Waals surface area contributed by atoms with Gasteiger partial charge in [-0.05, 0) is 29.6 Å². The highest BCUT2D eigenvalue weighted by atomic mass is 32.1. The van der Waals surface area contributed by atoms with E-state index in [9.17, 15) is 4.79 Å². The predicted molar refractivity (Wildman–Crippen MR) is 80.7 cm³/mol. The van der Waals surface area contributed by atoms with Crippen molar-refractivity contribution in [2.24, 2.45) is 0 Å². The van der Waals surface area contributed by atoms with Gasteiger partial charge in [0.2, 0.25) is 5.91 Å². The topological polar surface area (TPSA) is 68.0 Å². The Morgan fingerprint density at radius 1 is 1.37 bits per heavy atom. The number of anilines is 2. The summed E-state index contributed by atoms with van der Waals surface area (Å²) in [6.07, 6.45) is 0.385. The smallest absolute Gasteiger partial charge is 0.231 e. The lowest BCUT2D eigenvalue weighted by atomic mass is 10.3. The van der Waals surface area contributed by atoms with Gasteiger partial charge in [0.05, 0.1) is 16.6 Å². The summed E-state index contributed by atoms with van der Waals surface area (Å²) in [4.78, 5) is 17.3. The third-order valence-electron chi connectivity index (χ3n) is 2.57. The van der Waals surface area contributed by atoms with Crippen LogP contribution in [0.3, 0.4) is 0 Å². The lowest BCUT2D eigenvalue weighted by molar-refractivity contribution is -0.115. The fraction of sp³-hybridized carbons (Fsp3) is 0.0769. The summed E-state index contributed by atoms with van der Waals surface area (Å²) in [6.45, 7) is 0. The molecule has 2 heterocycles. The molecule has 0 spiro atoms. The number of nitrogens with two attached hydrogens (primary N) is 1. The minimum atomic E-state index is -0.0468. The molecule has 4 nitrogen and oxygen atoms in total. The Bertz CT molecular complexity index is 719. The highest BCUT2D eigenvalue weighted by Crippen LogP contribution is 2.27.